The first-order valence-electron chi connectivity index (χ1n) is 6.68. The summed E-state index contributed by atoms with van der Waals surface area (Å²) in [5.41, 5.74) is 2.33. The van der Waals surface area contributed by atoms with Crippen molar-refractivity contribution in [2.45, 2.75) is 0 Å². The molecule has 0 saturated carbocycles. The first-order valence-corrected chi connectivity index (χ1v) is 6.68. The van der Waals surface area contributed by atoms with Crippen molar-refractivity contribution in [3.8, 4) is 0 Å². The molecule has 0 aliphatic carbocycles. The van der Waals surface area contributed by atoms with Crippen LogP contribution in [0, 0.1) is 0 Å². The van der Waals surface area contributed by atoms with Crippen LogP contribution < -0.4 is 16.4 Å². The van der Waals surface area contributed by atoms with Crippen molar-refractivity contribution in [2.24, 2.45) is 5.10 Å². The van der Waals surface area contributed by atoms with E-state index >= 15 is 0 Å². The molecule has 3 rings (SSSR count). The summed E-state index contributed by atoms with van der Waals surface area (Å²) >= 11 is 0. The van der Waals surface area contributed by atoms with Gasteiger partial charge in [0.05, 0.1) is 17.2 Å². The van der Waals surface area contributed by atoms with Crippen molar-refractivity contribution >= 4 is 23.1 Å². The Morgan fingerprint density at radius 1 is 1.13 bits per heavy atom. The molecule has 3 aromatic rings. The van der Waals surface area contributed by atoms with Crippen LogP contribution in [0.1, 0.15) is 16.1 Å². The summed E-state index contributed by atoms with van der Waals surface area (Å²) in [6.07, 6.45) is 2.46. The van der Waals surface area contributed by atoms with E-state index in [9.17, 15) is 14.4 Å². The quantitative estimate of drug-likeness (QED) is 0.561. The zero-order valence-corrected chi connectivity index (χ0v) is 11.8. The molecule has 1 aromatic carbocycles. The van der Waals surface area contributed by atoms with Gasteiger partial charge in [0.2, 0.25) is 11.0 Å². The first-order chi connectivity index (χ1) is 11.1. The number of amides is 1. The second kappa shape index (κ2) is 6.10. The number of aromatic nitrogens is 1. The number of carbonyl (C=O) groups excluding carboxylic acids is 1. The Morgan fingerprint density at radius 2 is 1.96 bits per heavy atom. The van der Waals surface area contributed by atoms with Gasteiger partial charge in [0.25, 0.3) is 5.91 Å². The number of nitrogens with zero attached hydrogens (tertiary/aromatic N) is 1. The number of hydrazone groups is 1. The lowest BCUT2D eigenvalue weighted by Crippen LogP contribution is -2.22. The third-order valence-electron chi connectivity index (χ3n) is 3.09. The molecular weight excluding hydrogens is 298 g/mol. The van der Waals surface area contributed by atoms with E-state index in [4.69, 9.17) is 4.42 Å². The minimum Gasteiger partial charge on any atom is -0.463 e. The van der Waals surface area contributed by atoms with Crippen molar-refractivity contribution in [1.29, 1.82) is 0 Å². The van der Waals surface area contributed by atoms with Gasteiger partial charge < -0.3 is 9.40 Å². The lowest BCUT2D eigenvalue weighted by atomic mass is 10.2. The van der Waals surface area contributed by atoms with Gasteiger partial charge in [0, 0.05) is 6.07 Å². The summed E-state index contributed by atoms with van der Waals surface area (Å²) < 4.78 is 5.33. The van der Waals surface area contributed by atoms with Crippen molar-refractivity contribution in [3.05, 3.63) is 80.6 Å². The Hall–Kier alpha value is -3.48. The normalized spacial score (nSPS) is 11.0. The average Bonchev–Trinajstić information content (AvgIpc) is 2.57. The fourth-order valence-electron chi connectivity index (χ4n) is 1.98. The standard InChI is InChI=1S/C16H11N3O4/c20-14-7-3-5-12(18-14)16(22)19-17-8-10-9-23-13-6-2-1-4-11(13)15(10)21/h1-9H,(H,18,20)(H,19,22)/b17-8+. The number of hydrogen-bond acceptors (Lipinski definition) is 5. The SMILES string of the molecule is O=C(N/N=C/c1coc2ccccc2c1=O)c1cccc(=O)[nH]1. The van der Waals surface area contributed by atoms with Crippen molar-refractivity contribution < 1.29 is 9.21 Å². The first kappa shape index (κ1) is 14.5. The number of carbonyl (C=O) groups is 1. The number of hydrogen-bond donors (Lipinski definition) is 2. The Labute approximate surface area is 129 Å². The maximum Gasteiger partial charge on any atom is 0.287 e. The molecular formula is C16H11N3O4. The lowest BCUT2D eigenvalue weighted by molar-refractivity contribution is 0.0950. The molecule has 0 aliphatic rings. The maximum atomic E-state index is 12.2. The largest absolute Gasteiger partial charge is 0.463 e. The Bertz CT molecular complexity index is 1020. The zero-order chi connectivity index (χ0) is 16.2. The van der Waals surface area contributed by atoms with Gasteiger partial charge in [-0.3, -0.25) is 14.4 Å². The van der Waals surface area contributed by atoms with Crippen LogP contribution in [0.15, 0.2) is 67.8 Å². The summed E-state index contributed by atoms with van der Waals surface area (Å²) in [5.74, 6) is -0.593. The van der Waals surface area contributed by atoms with E-state index in [0.717, 1.165) is 0 Å². The van der Waals surface area contributed by atoms with Crippen LogP contribution in [0.25, 0.3) is 11.0 Å². The van der Waals surface area contributed by atoms with Gasteiger partial charge in [0.1, 0.15) is 17.5 Å². The molecule has 0 fully saturated rings. The van der Waals surface area contributed by atoms with Crippen LogP contribution in [-0.4, -0.2) is 17.1 Å². The minimum absolute atomic E-state index is 0.0696. The number of fused-ring (bicyclic) bond motifs is 1. The smallest absolute Gasteiger partial charge is 0.287 e. The molecule has 0 bridgehead atoms. The predicted molar refractivity (Wildman–Crippen MR) is 84.6 cm³/mol. The Balaban J connectivity index is 1.81. The molecule has 2 aromatic heterocycles. The summed E-state index contributed by atoms with van der Waals surface area (Å²) in [5, 5.41) is 4.13. The fourth-order valence-corrected chi connectivity index (χ4v) is 1.98. The van der Waals surface area contributed by atoms with Gasteiger partial charge in [0.15, 0.2) is 0 Å². The monoisotopic (exact) mass is 309 g/mol. The number of H-pyrrole nitrogens is 1. The number of aromatic amines is 1. The van der Waals surface area contributed by atoms with E-state index in [2.05, 4.69) is 15.5 Å². The van der Waals surface area contributed by atoms with E-state index in [1.807, 2.05) is 0 Å². The van der Waals surface area contributed by atoms with Gasteiger partial charge in [-0.1, -0.05) is 18.2 Å². The molecule has 0 saturated heterocycles. The highest BCUT2D eigenvalue weighted by Crippen LogP contribution is 2.09. The molecule has 0 radical (unpaired) electrons. The number of rotatable bonds is 3. The average molecular weight is 309 g/mol. The summed E-state index contributed by atoms with van der Waals surface area (Å²) in [7, 11) is 0. The summed E-state index contributed by atoms with van der Waals surface area (Å²) in [6.45, 7) is 0. The molecule has 0 unspecified atom stereocenters. The van der Waals surface area contributed by atoms with E-state index in [-0.39, 0.29) is 16.7 Å². The molecule has 1 amide bonds. The molecule has 0 spiro atoms. The summed E-state index contributed by atoms with van der Waals surface area (Å²) in [4.78, 5) is 37.5. The number of benzene rings is 1. The van der Waals surface area contributed by atoms with Crippen LogP contribution in [0.2, 0.25) is 0 Å². The van der Waals surface area contributed by atoms with Gasteiger partial charge in [-0.15, -0.1) is 0 Å². The minimum atomic E-state index is -0.593. The number of pyridine rings is 1. The number of nitrogens with one attached hydrogen (secondary N) is 2. The lowest BCUT2D eigenvalue weighted by Gasteiger charge is -1.99. The highest BCUT2D eigenvalue weighted by atomic mass is 16.3. The van der Waals surface area contributed by atoms with Crippen molar-refractivity contribution in [1.82, 2.24) is 10.4 Å². The summed E-state index contributed by atoms with van der Waals surface area (Å²) in [6, 6.07) is 11.0. The Morgan fingerprint density at radius 3 is 2.78 bits per heavy atom. The van der Waals surface area contributed by atoms with Crippen LogP contribution >= 0.6 is 0 Å². The van der Waals surface area contributed by atoms with Crippen molar-refractivity contribution in [2.75, 3.05) is 0 Å². The maximum absolute atomic E-state index is 12.2. The highest BCUT2D eigenvalue weighted by molar-refractivity contribution is 5.93. The third-order valence-corrected chi connectivity index (χ3v) is 3.09. The van der Waals surface area contributed by atoms with Crippen LogP contribution in [0.3, 0.4) is 0 Å². The highest BCUT2D eigenvalue weighted by Gasteiger charge is 2.06. The van der Waals surface area contributed by atoms with Gasteiger partial charge in [-0.05, 0) is 18.2 Å². The fraction of sp³-hybridized carbons (Fsp3) is 0. The van der Waals surface area contributed by atoms with E-state index in [1.54, 1.807) is 24.3 Å². The third kappa shape index (κ3) is 3.08. The predicted octanol–water partition coefficient (Wildman–Crippen LogP) is 1.25. The second-order valence-corrected chi connectivity index (χ2v) is 4.64. The van der Waals surface area contributed by atoms with Gasteiger partial charge >= 0.3 is 0 Å². The van der Waals surface area contributed by atoms with Gasteiger partial charge in [-0.25, -0.2) is 5.43 Å². The van der Waals surface area contributed by atoms with E-state index < -0.39 is 11.5 Å². The number of para-hydroxylation sites is 1. The topological polar surface area (TPSA) is 105 Å². The molecule has 7 heteroatoms. The Kier molecular flexibility index (Phi) is 3.84. The second-order valence-electron chi connectivity index (χ2n) is 4.64. The van der Waals surface area contributed by atoms with E-state index in [1.165, 1.54) is 30.7 Å². The molecule has 2 heterocycles. The van der Waals surface area contributed by atoms with Crippen LogP contribution in [0.4, 0.5) is 0 Å². The molecule has 2 N–H and O–H groups in total. The van der Waals surface area contributed by atoms with Gasteiger partial charge in [-0.2, -0.15) is 5.10 Å². The van der Waals surface area contributed by atoms with E-state index in [0.29, 0.717) is 11.0 Å². The zero-order valence-electron chi connectivity index (χ0n) is 11.8. The molecule has 114 valence electrons. The molecule has 7 nitrogen and oxygen atoms in total. The molecule has 0 aliphatic heterocycles. The van der Waals surface area contributed by atoms with Crippen molar-refractivity contribution in [3.63, 3.8) is 0 Å². The molecule has 23 heavy (non-hydrogen) atoms. The van der Waals surface area contributed by atoms with Crippen LogP contribution in [-0.2, 0) is 0 Å². The van der Waals surface area contributed by atoms with Crippen LogP contribution in [0.5, 0.6) is 0 Å². The molecule has 0 atom stereocenters.